The summed E-state index contributed by atoms with van der Waals surface area (Å²) in [5.74, 6) is -0.222. The van der Waals surface area contributed by atoms with Gasteiger partial charge in [-0.3, -0.25) is 0 Å². The molecule has 0 aliphatic rings. The third-order valence-electron chi connectivity index (χ3n) is 3.63. The molecule has 2 rings (SSSR count). The molecule has 0 fully saturated rings. The number of hydrogen-bond acceptors (Lipinski definition) is 1. The Bertz CT molecular complexity index is 625. The van der Waals surface area contributed by atoms with E-state index in [9.17, 15) is 4.39 Å². The first-order valence-electron chi connectivity index (χ1n) is 7.29. The molecule has 1 nitrogen and oxygen atoms in total. The van der Waals surface area contributed by atoms with E-state index >= 15 is 0 Å². The maximum atomic E-state index is 13.9. The van der Waals surface area contributed by atoms with Crippen molar-refractivity contribution < 1.29 is 4.39 Å². The topological polar surface area (TPSA) is 12.0 Å². The van der Waals surface area contributed by atoms with Crippen LogP contribution < -0.4 is 5.32 Å². The molecule has 1 atom stereocenters. The maximum absolute atomic E-state index is 13.9. The van der Waals surface area contributed by atoms with Crippen LogP contribution in [0.1, 0.15) is 41.6 Å². The van der Waals surface area contributed by atoms with Gasteiger partial charge >= 0.3 is 0 Å². The summed E-state index contributed by atoms with van der Waals surface area (Å²) in [5, 5.41) is 3.53. The van der Waals surface area contributed by atoms with E-state index in [2.05, 4.69) is 60.2 Å². The first kappa shape index (κ1) is 16.2. The monoisotopic (exact) mass is 349 g/mol. The van der Waals surface area contributed by atoms with E-state index in [-0.39, 0.29) is 11.9 Å². The zero-order valence-electron chi connectivity index (χ0n) is 12.7. The fraction of sp³-hybridized carbons (Fsp3) is 0.333. The Kier molecular flexibility index (Phi) is 5.54. The third-order valence-corrected chi connectivity index (χ3v) is 4.46. The lowest BCUT2D eigenvalue weighted by Gasteiger charge is -2.23. The highest BCUT2D eigenvalue weighted by Crippen LogP contribution is 2.32. The molecule has 0 amide bonds. The number of benzene rings is 2. The Balaban J connectivity index is 2.49. The van der Waals surface area contributed by atoms with E-state index in [1.807, 2.05) is 6.07 Å². The van der Waals surface area contributed by atoms with Crippen molar-refractivity contribution in [3.05, 3.63) is 68.9 Å². The molecule has 1 N–H and O–H groups in total. The molecular weight excluding hydrogens is 329 g/mol. The van der Waals surface area contributed by atoms with Crippen molar-refractivity contribution in [2.75, 3.05) is 6.54 Å². The molecule has 0 aliphatic heterocycles. The van der Waals surface area contributed by atoms with Crippen LogP contribution in [0.25, 0.3) is 0 Å². The molecule has 0 bridgehead atoms. The van der Waals surface area contributed by atoms with Gasteiger partial charge in [0.1, 0.15) is 5.82 Å². The molecule has 112 valence electrons. The summed E-state index contributed by atoms with van der Waals surface area (Å²) < 4.78 is 14.4. The van der Waals surface area contributed by atoms with Gasteiger partial charge in [-0.05, 0) is 65.5 Å². The van der Waals surface area contributed by atoms with Crippen LogP contribution in [0.4, 0.5) is 4.39 Å². The molecule has 0 spiro atoms. The number of nitrogens with one attached hydrogen (secondary N) is 1. The lowest BCUT2D eigenvalue weighted by Crippen LogP contribution is -2.24. The predicted octanol–water partition coefficient (Wildman–Crippen LogP) is 5.29. The predicted molar refractivity (Wildman–Crippen MR) is 90.2 cm³/mol. The quantitative estimate of drug-likeness (QED) is 0.772. The Hall–Kier alpha value is -1.19. The summed E-state index contributed by atoms with van der Waals surface area (Å²) in [7, 11) is 0. The fourth-order valence-electron chi connectivity index (χ4n) is 2.57. The first-order chi connectivity index (χ1) is 10.0. The van der Waals surface area contributed by atoms with Crippen molar-refractivity contribution >= 4 is 15.9 Å². The highest BCUT2D eigenvalue weighted by molar-refractivity contribution is 9.10. The van der Waals surface area contributed by atoms with Crippen LogP contribution in [-0.2, 0) is 0 Å². The van der Waals surface area contributed by atoms with Gasteiger partial charge in [-0.2, -0.15) is 0 Å². The van der Waals surface area contributed by atoms with Gasteiger partial charge in [-0.25, -0.2) is 4.39 Å². The molecule has 1 unspecified atom stereocenters. The minimum absolute atomic E-state index is 0.00405. The SMILES string of the molecule is CCCNC(c1ccc(C)cc1C)c1cccc(F)c1Br. The summed E-state index contributed by atoms with van der Waals surface area (Å²) >= 11 is 3.39. The summed E-state index contributed by atoms with van der Waals surface area (Å²) in [6.07, 6.45) is 1.04. The lowest BCUT2D eigenvalue weighted by atomic mass is 9.93. The molecule has 0 aliphatic carbocycles. The van der Waals surface area contributed by atoms with Gasteiger partial charge in [-0.15, -0.1) is 0 Å². The van der Waals surface area contributed by atoms with Gasteiger partial charge in [0.2, 0.25) is 0 Å². The van der Waals surface area contributed by atoms with Gasteiger partial charge in [0.05, 0.1) is 10.5 Å². The largest absolute Gasteiger partial charge is 0.306 e. The average Bonchev–Trinajstić information content (AvgIpc) is 2.45. The van der Waals surface area contributed by atoms with Crippen LogP contribution in [0, 0.1) is 19.7 Å². The molecule has 0 aromatic heterocycles. The molecule has 2 aromatic carbocycles. The molecule has 0 heterocycles. The smallest absolute Gasteiger partial charge is 0.137 e. The van der Waals surface area contributed by atoms with E-state index in [4.69, 9.17) is 0 Å². The molecule has 0 radical (unpaired) electrons. The number of rotatable bonds is 5. The molecule has 2 aromatic rings. The van der Waals surface area contributed by atoms with Crippen molar-refractivity contribution in [2.24, 2.45) is 0 Å². The van der Waals surface area contributed by atoms with Crippen LogP contribution in [0.3, 0.4) is 0 Å². The summed E-state index contributed by atoms with van der Waals surface area (Å²) in [6, 6.07) is 11.6. The molecule has 21 heavy (non-hydrogen) atoms. The van der Waals surface area contributed by atoms with Crippen molar-refractivity contribution in [3.8, 4) is 0 Å². The van der Waals surface area contributed by atoms with E-state index in [1.165, 1.54) is 22.8 Å². The van der Waals surface area contributed by atoms with Crippen LogP contribution in [0.2, 0.25) is 0 Å². The first-order valence-corrected chi connectivity index (χ1v) is 8.08. The van der Waals surface area contributed by atoms with Gasteiger partial charge in [-0.1, -0.05) is 42.8 Å². The van der Waals surface area contributed by atoms with Crippen molar-refractivity contribution in [1.29, 1.82) is 0 Å². The Labute approximate surface area is 134 Å². The van der Waals surface area contributed by atoms with Gasteiger partial charge in [0, 0.05) is 0 Å². The van der Waals surface area contributed by atoms with Crippen LogP contribution in [-0.4, -0.2) is 6.54 Å². The fourth-order valence-corrected chi connectivity index (χ4v) is 3.06. The van der Waals surface area contributed by atoms with Crippen LogP contribution in [0.5, 0.6) is 0 Å². The molecule has 0 saturated carbocycles. The molecule has 0 saturated heterocycles. The Morgan fingerprint density at radius 1 is 1.14 bits per heavy atom. The van der Waals surface area contributed by atoms with E-state index in [0.29, 0.717) is 4.47 Å². The second-order valence-corrected chi connectivity index (χ2v) is 6.18. The Morgan fingerprint density at radius 3 is 2.57 bits per heavy atom. The highest BCUT2D eigenvalue weighted by Gasteiger charge is 2.19. The van der Waals surface area contributed by atoms with E-state index < -0.39 is 0 Å². The summed E-state index contributed by atoms with van der Waals surface area (Å²) in [5.41, 5.74) is 4.60. The van der Waals surface area contributed by atoms with Crippen molar-refractivity contribution in [3.63, 3.8) is 0 Å². The zero-order chi connectivity index (χ0) is 15.4. The lowest BCUT2D eigenvalue weighted by molar-refractivity contribution is 0.578. The summed E-state index contributed by atoms with van der Waals surface area (Å²) in [6.45, 7) is 7.22. The highest BCUT2D eigenvalue weighted by atomic mass is 79.9. The van der Waals surface area contributed by atoms with Crippen LogP contribution >= 0.6 is 15.9 Å². The minimum atomic E-state index is -0.222. The standard InChI is InChI=1S/C18H21BrFN/c1-4-10-21-18(14-9-8-12(2)11-13(14)3)15-6-5-7-16(20)17(15)19/h5-9,11,18,21H,4,10H2,1-3H3. The summed E-state index contributed by atoms with van der Waals surface area (Å²) in [4.78, 5) is 0. The van der Waals surface area contributed by atoms with E-state index in [1.54, 1.807) is 6.07 Å². The van der Waals surface area contributed by atoms with Crippen LogP contribution in [0.15, 0.2) is 40.9 Å². The maximum Gasteiger partial charge on any atom is 0.137 e. The van der Waals surface area contributed by atoms with Gasteiger partial charge in [0.15, 0.2) is 0 Å². The number of aryl methyl sites for hydroxylation is 2. The number of halogens is 2. The molecule has 3 heteroatoms. The van der Waals surface area contributed by atoms with Crippen molar-refractivity contribution in [1.82, 2.24) is 5.32 Å². The normalized spacial score (nSPS) is 12.4. The third kappa shape index (κ3) is 3.72. The Morgan fingerprint density at radius 2 is 1.90 bits per heavy atom. The van der Waals surface area contributed by atoms with Gasteiger partial charge < -0.3 is 5.32 Å². The van der Waals surface area contributed by atoms with Gasteiger partial charge in [0.25, 0.3) is 0 Å². The minimum Gasteiger partial charge on any atom is -0.306 e. The second kappa shape index (κ2) is 7.19. The molecular formula is C18H21BrFN. The van der Waals surface area contributed by atoms with E-state index in [0.717, 1.165) is 18.5 Å². The van der Waals surface area contributed by atoms with Crippen molar-refractivity contribution in [2.45, 2.75) is 33.2 Å². The second-order valence-electron chi connectivity index (χ2n) is 5.39. The zero-order valence-corrected chi connectivity index (χ0v) is 14.3. The number of hydrogen-bond donors (Lipinski definition) is 1. The average molecular weight is 350 g/mol.